The number of hydrogen-bond acceptors (Lipinski definition) is 3. The zero-order chi connectivity index (χ0) is 15.4. The van der Waals surface area contributed by atoms with Gasteiger partial charge >= 0.3 is 5.97 Å². The summed E-state index contributed by atoms with van der Waals surface area (Å²) in [5.74, 6) is -0.336. The summed E-state index contributed by atoms with van der Waals surface area (Å²) in [5, 5.41) is 0. The monoisotopic (exact) mass is 281 g/mol. The molecule has 0 aliphatic rings. The molecular formula is C17H31NO2. The van der Waals surface area contributed by atoms with Gasteiger partial charge in [0.15, 0.2) is 0 Å². The van der Waals surface area contributed by atoms with Gasteiger partial charge in [0.05, 0.1) is 6.10 Å². The molecular weight excluding hydrogens is 250 g/mol. The predicted octanol–water partition coefficient (Wildman–Crippen LogP) is 3.95. The lowest BCUT2D eigenvalue weighted by Gasteiger charge is -2.17. The molecule has 0 N–H and O–H groups in total. The van der Waals surface area contributed by atoms with E-state index in [0.717, 1.165) is 32.4 Å². The quantitative estimate of drug-likeness (QED) is 0.326. The summed E-state index contributed by atoms with van der Waals surface area (Å²) in [7, 11) is 0. The molecule has 0 amide bonds. The second kappa shape index (κ2) is 11.7. The molecule has 0 rings (SSSR count). The van der Waals surface area contributed by atoms with Crippen LogP contribution >= 0.6 is 0 Å². The number of hydrogen-bond donors (Lipinski definition) is 0. The zero-order valence-corrected chi connectivity index (χ0v) is 13.7. The molecule has 116 valence electrons. The summed E-state index contributed by atoms with van der Waals surface area (Å²) >= 11 is 0. The molecule has 3 heteroatoms. The van der Waals surface area contributed by atoms with Crippen LogP contribution in [-0.2, 0) is 9.53 Å². The maximum atomic E-state index is 11.0. The summed E-state index contributed by atoms with van der Waals surface area (Å²) < 4.78 is 5.13. The highest BCUT2D eigenvalue weighted by Gasteiger charge is 2.05. The molecule has 0 saturated carbocycles. The summed E-state index contributed by atoms with van der Waals surface area (Å²) in [6.07, 6.45) is 7.63. The molecule has 0 bridgehead atoms. The van der Waals surface area contributed by atoms with Crippen LogP contribution in [0.15, 0.2) is 24.3 Å². The Bertz CT molecular complexity index is 306. The largest absolute Gasteiger partial charge is 0.460 e. The standard InChI is InChI=1S/C17H31NO2/c1-6-17(19)20-16(5)13-9-11-15(4)12-10-14-18(7-2)8-3/h6,11,16H,1,7-10,12-14H2,2-5H3/b15-11-. The van der Waals surface area contributed by atoms with Gasteiger partial charge in [-0.25, -0.2) is 4.79 Å². The second-order valence-electron chi connectivity index (χ2n) is 5.21. The normalized spacial score (nSPS) is 13.3. The van der Waals surface area contributed by atoms with Gasteiger partial charge in [-0.15, -0.1) is 0 Å². The molecule has 3 nitrogen and oxygen atoms in total. The van der Waals surface area contributed by atoms with E-state index in [2.05, 4.69) is 38.3 Å². The van der Waals surface area contributed by atoms with Crippen molar-refractivity contribution < 1.29 is 9.53 Å². The number of esters is 1. The molecule has 0 aliphatic carbocycles. The number of nitrogens with zero attached hydrogens (tertiary/aromatic N) is 1. The highest BCUT2D eigenvalue weighted by Crippen LogP contribution is 2.10. The van der Waals surface area contributed by atoms with Crippen molar-refractivity contribution in [3.63, 3.8) is 0 Å². The van der Waals surface area contributed by atoms with E-state index in [4.69, 9.17) is 4.74 Å². The van der Waals surface area contributed by atoms with E-state index in [1.165, 1.54) is 24.6 Å². The minimum absolute atomic E-state index is 0.0415. The number of allylic oxidation sites excluding steroid dienone is 2. The zero-order valence-electron chi connectivity index (χ0n) is 13.7. The fourth-order valence-electron chi connectivity index (χ4n) is 2.09. The Morgan fingerprint density at radius 3 is 2.55 bits per heavy atom. The first-order chi connectivity index (χ1) is 9.53. The van der Waals surface area contributed by atoms with Gasteiger partial charge in [-0.05, 0) is 59.2 Å². The van der Waals surface area contributed by atoms with Crippen LogP contribution in [0, 0.1) is 0 Å². The minimum atomic E-state index is -0.336. The van der Waals surface area contributed by atoms with Crippen LogP contribution in [-0.4, -0.2) is 36.6 Å². The van der Waals surface area contributed by atoms with E-state index in [-0.39, 0.29) is 12.1 Å². The van der Waals surface area contributed by atoms with E-state index in [1.807, 2.05) is 6.92 Å². The van der Waals surface area contributed by atoms with Crippen LogP contribution in [0.1, 0.15) is 53.4 Å². The lowest BCUT2D eigenvalue weighted by Crippen LogP contribution is -2.23. The Kier molecular flexibility index (Phi) is 11.1. The van der Waals surface area contributed by atoms with Gasteiger partial charge in [-0.3, -0.25) is 0 Å². The van der Waals surface area contributed by atoms with Gasteiger partial charge in [0.25, 0.3) is 0 Å². The summed E-state index contributed by atoms with van der Waals surface area (Å²) in [5.41, 5.74) is 1.43. The molecule has 0 saturated heterocycles. The lowest BCUT2D eigenvalue weighted by atomic mass is 10.1. The average molecular weight is 281 g/mol. The Hall–Kier alpha value is -1.09. The third-order valence-corrected chi connectivity index (χ3v) is 3.49. The van der Waals surface area contributed by atoms with Gasteiger partial charge in [0.2, 0.25) is 0 Å². The second-order valence-corrected chi connectivity index (χ2v) is 5.21. The van der Waals surface area contributed by atoms with Crippen LogP contribution < -0.4 is 0 Å². The maximum absolute atomic E-state index is 11.0. The van der Waals surface area contributed by atoms with Gasteiger partial charge in [-0.1, -0.05) is 32.1 Å². The van der Waals surface area contributed by atoms with Crippen molar-refractivity contribution in [2.75, 3.05) is 19.6 Å². The molecule has 1 atom stereocenters. The highest BCUT2D eigenvalue weighted by molar-refractivity contribution is 5.81. The molecule has 0 radical (unpaired) electrons. The first-order valence-corrected chi connectivity index (χ1v) is 7.74. The van der Waals surface area contributed by atoms with E-state index in [9.17, 15) is 4.79 Å². The summed E-state index contributed by atoms with van der Waals surface area (Å²) in [4.78, 5) is 13.5. The van der Waals surface area contributed by atoms with E-state index in [1.54, 1.807) is 0 Å². The molecule has 1 unspecified atom stereocenters. The number of carbonyl (C=O) groups excluding carboxylic acids is 1. The van der Waals surface area contributed by atoms with Gasteiger partial charge in [-0.2, -0.15) is 0 Å². The molecule has 20 heavy (non-hydrogen) atoms. The van der Waals surface area contributed by atoms with Crippen molar-refractivity contribution in [1.82, 2.24) is 4.90 Å². The van der Waals surface area contributed by atoms with E-state index < -0.39 is 0 Å². The molecule has 0 spiro atoms. The van der Waals surface area contributed by atoms with Crippen molar-refractivity contribution in [3.8, 4) is 0 Å². The third-order valence-electron chi connectivity index (χ3n) is 3.49. The van der Waals surface area contributed by atoms with Crippen LogP contribution in [0.5, 0.6) is 0 Å². The van der Waals surface area contributed by atoms with Gasteiger partial charge in [0.1, 0.15) is 0 Å². The Labute approximate surface area is 124 Å². The number of ether oxygens (including phenoxy) is 1. The van der Waals surface area contributed by atoms with E-state index >= 15 is 0 Å². The molecule has 0 heterocycles. The number of carbonyl (C=O) groups is 1. The first kappa shape index (κ1) is 18.9. The smallest absolute Gasteiger partial charge is 0.330 e. The molecule has 0 aromatic carbocycles. The van der Waals surface area contributed by atoms with Crippen molar-refractivity contribution in [3.05, 3.63) is 24.3 Å². The number of rotatable bonds is 11. The highest BCUT2D eigenvalue weighted by atomic mass is 16.5. The minimum Gasteiger partial charge on any atom is -0.460 e. The average Bonchev–Trinajstić information content (AvgIpc) is 2.43. The van der Waals surface area contributed by atoms with Crippen LogP contribution in [0.3, 0.4) is 0 Å². The van der Waals surface area contributed by atoms with Crippen molar-refractivity contribution in [2.45, 2.75) is 59.5 Å². The van der Waals surface area contributed by atoms with Crippen LogP contribution in [0.4, 0.5) is 0 Å². The SMILES string of the molecule is C=CC(=O)OC(C)CC/C=C(/C)CCCN(CC)CC. The molecule has 0 aromatic heterocycles. The van der Waals surface area contributed by atoms with Crippen molar-refractivity contribution in [2.24, 2.45) is 0 Å². The van der Waals surface area contributed by atoms with Crippen molar-refractivity contribution >= 4 is 5.97 Å². The molecule has 0 aliphatic heterocycles. The summed E-state index contributed by atoms with van der Waals surface area (Å²) in [6, 6.07) is 0. The molecule has 0 aromatic rings. The fraction of sp³-hybridized carbons (Fsp3) is 0.706. The van der Waals surface area contributed by atoms with Crippen LogP contribution in [0.2, 0.25) is 0 Å². The van der Waals surface area contributed by atoms with E-state index in [0.29, 0.717) is 0 Å². The summed E-state index contributed by atoms with van der Waals surface area (Å²) in [6.45, 7) is 15.3. The lowest BCUT2D eigenvalue weighted by molar-refractivity contribution is -0.142. The van der Waals surface area contributed by atoms with Crippen LogP contribution in [0.25, 0.3) is 0 Å². The first-order valence-electron chi connectivity index (χ1n) is 7.74. The van der Waals surface area contributed by atoms with Gasteiger partial charge < -0.3 is 9.64 Å². The van der Waals surface area contributed by atoms with Crippen molar-refractivity contribution in [1.29, 1.82) is 0 Å². The Morgan fingerprint density at radius 1 is 1.35 bits per heavy atom. The third kappa shape index (κ3) is 9.79. The topological polar surface area (TPSA) is 29.5 Å². The maximum Gasteiger partial charge on any atom is 0.330 e. The Morgan fingerprint density at radius 2 is 2.00 bits per heavy atom. The Balaban J connectivity index is 3.79. The van der Waals surface area contributed by atoms with Gasteiger partial charge in [0, 0.05) is 6.08 Å². The fourth-order valence-corrected chi connectivity index (χ4v) is 2.09. The predicted molar refractivity (Wildman–Crippen MR) is 85.8 cm³/mol. The molecule has 0 fully saturated rings.